The second kappa shape index (κ2) is 6.16. The van der Waals surface area contributed by atoms with Crippen molar-refractivity contribution in [1.29, 1.82) is 0 Å². The van der Waals surface area contributed by atoms with Gasteiger partial charge < -0.3 is 4.90 Å². The molecule has 2 heterocycles. The first-order chi connectivity index (χ1) is 10.1. The molecule has 1 saturated heterocycles. The van der Waals surface area contributed by atoms with Crippen LogP contribution >= 0.6 is 22.9 Å². The lowest BCUT2D eigenvalue weighted by Gasteiger charge is -2.15. The number of rotatable bonds is 3. The van der Waals surface area contributed by atoms with Gasteiger partial charge >= 0.3 is 0 Å². The lowest BCUT2D eigenvalue weighted by atomic mass is 9.99. The highest BCUT2D eigenvalue weighted by Crippen LogP contribution is 2.23. The number of likely N-dealkylation sites (tertiary alicyclic amines) is 1. The molecule has 1 aliphatic rings. The number of hydrogen-bond acceptors (Lipinski definition) is 3. The molecule has 110 valence electrons. The van der Waals surface area contributed by atoms with Gasteiger partial charge in [0, 0.05) is 23.5 Å². The highest BCUT2D eigenvalue weighted by atomic mass is 35.5. The molecule has 5 heteroatoms. The Balaban J connectivity index is 1.60. The first-order valence-electron chi connectivity index (χ1n) is 7.07. The van der Waals surface area contributed by atoms with Crippen molar-refractivity contribution >= 4 is 28.8 Å². The summed E-state index contributed by atoms with van der Waals surface area (Å²) in [5, 5.41) is 3.56. The predicted molar refractivity (Wildman–Crippen MR) is 86.0 cm³/mol. The third-order valence-corrected chi connectivity index (χ3v) is 4.87. The van der Waals surface area contributed by atoms with Crippen LogP contribution in [0.5, 0.6) is 0 Å². The van der Waals surface area contributed by atoms with Crippen molar-refractivity contribution in [3.05, 3.63) is 50.9 Å². The minimum atomic E-state index is 0.0676. The molecule has 1 aromatic heterocycles. The highest BCUT2D eigenvalue weighted by Gasteiger charge is 2.28. The molecule has 0 saturated carbocycles. The molecule has 1 atom stereocenters. The molecule has 1 aliphatic heterocycles. The fourth-order valence-corrected chi connectivity index (χ4v) is 3.47. The van der Waals surface area contributed by atoms with Crippen LogP contribution in [-0.4, -0.2) is 28.9 Å². The Morgan fingerprint density at radius 3 is 2.86 bits per heavy atom. The van der Waals surface area contributed by atoms with Crippen LogP contribution in [0.2, 0.25) is 5.02 Å². The summed E-state index contributed by atoms with van der Waals surface area (Å²) in [5.41, 5.74) is 1.87. The van der Waals surface area contributed by atoms with E-state index in [-0.39, 0.29) is 5.91 Å². The van der Waals surface area contributed by atoms with Gasteiger partial charge in [-0.05, 0) is 43.4 Å². The van der Waals surface area contributed by atoms with E-state index < -0.39 is 0 Å². The molecule has 3 rings (SSSR count). The topological polar surface area (TPSA) is 33.2 Å². The normalized spacial score (nSPS) is 18.2. The van der Waals surface area contributed by atoms with Crippen LogP contribution in [0.25, 0.3) is 0 Å². The van der Waals surface area contributed by atoms with E-state index in [1.807, 2.05) is 29.3 Å². The van der Waals surface area contributed by atoms with Gasteiger partial charge in [-0.2, -0.15) is 0 Å². The Bertz CT molecular complexity index is 638. The monoisotopic (exact) mass is 320 g/mol. The van der Waals surface area contributed by atoms with Gasteiger partial charge in [-0.25, -0.2) is 4.98 Å². The van der Waals surface area contributed by atoms with Gasteiger partial charge in [0.15, 0.2) is 0 Å². The maximum absolute atomic E-state index is 12.4. The summed E-state index contributed by atoms with van der Waals surface area (Å²) in [4.78, 5) is 18.6. The Morgan fingerprint density at radius 1 is 1.43 bits per heavy atom. The second-order valence-corrected chi connectivity index (χ2v) is 6.99. The number of carbonyl (C=O) groups is 1. The SMILES string of the molecule is Cc1nc(C(=O)N2CCC(Cc3ccc(Cl)cc3)C2)cs1. The summed E-state index contributed by atoms with van der Waals surface area (Å²) in [6.07, 6.45) is 2.05. The van der Waals surface area contributed by atoms with Crippen LogP contribution in [0.4, 0.5) is 0 Å². The molecule has 1 amide bonds. The van der Waals surface area contributed by atoms with E-state index in [9.17, 15) is 4.79 Å². The lowest BCUT2D eigenvalue weighted by molar-refractivity contribution is 0.0782. The molecule has 0 radical (unpaired) electrons. The van der Waals surface area contributed by atoms with Gasteiger partial charge in [0.25, 0.3) is 5.91 Å². The van der Waals surface area contributed by atoms with Gasteiger partial charge in [0.05, 0.1) is 5.01 Å². The van der Waals surface area contributed by atoms with Crippen molar-refractivity contribution < 1.29 is 4.79 Å². The second-order valence-electron chi connectivity index (χ2n) is 5.49. The fourth-order valence-electron chi connectivity index (χ4n) is 2.76. The Morgan fingerprint density at radius 2 is 2.19 bits per heavy atom. The van der Waals surface area contributed by atoms with E-state index in [4.69, 9.17) is 11.6 Å². The summed E-state index contributed by atoms with van der Waals surface area (Å²) in [5.74, 6) is 0.591. The van der Waals surface area contributed by atoms with E-state index in [0.29, 0.717) is 11.6 Å². The minimum absolute atomic E-state index is 0.0676. The smallest absolute Gasteiger partial charge is 0.273 e. The van der Waals surface area contributed by atoms with Crippen molar-refractivity contribution in [3.63, 3.8) is 0 Å². The molecule has 3 nitrogen and oxygen atoms in total. The van der Waals surface area contributed by atoms with Crippen LogP contribution < -0.4 is 0 Å². The van der Waals surface area contributed by atoms with E-state index >= 15 is 0 Å². The molecule has 0 spiro atoms. The number of hydrogen-bond donors (Lipinski definition) is 0. The van der Waals surface area contributed by atoms with Crippen LogP contribution in [0.15, 0.2) is 29.6 Å². The predicted octanol–water partition coefficient (Wildman–Crippen LogP) is 3.81. The lowest BCUT2D eigenvalue weighted by Crippen LogP contribution is -2.29. The average Bonchev–Trinajstić information content (AvgIpc) is 3.10. The van der Waals surface area contributed by atoms with Gasteiger partial charge in [-0.1, -0.05) is 23.7 Å². The number of halogens is 1. The average molecular weight is 321 g/mol. The van der Waals surface area contributed by atoms with Crippen LogP contribution in [0.3, 0.4) is 0 Å². The first kappa shape index (κ1) is 14.5. The maximum Gasteiger partial charge on any atom is 0.273 e. The summed E-state index contributed by atoms with van der Waals surface area (Å²) in [6.45, 7) is 3.57. The molecular weight excluding hydrogens is 304 g/mol. The summed E-state index contributed by atoms with van der Waals surface area (Å²) < 4.78 is 0. The summed E-state index contributed by atoms with van der Waals surface area (Å²) in [6, 6.07) is 7.98. The minimum Gasteiger partial charge on any atom is -0.337 e. The van der Waals surface area contributed by atoms with E-state index in [1.165, 1.54) is 16.9 Å². The third-order valence-electron chi connectivity index (χ3n) is 3.85. The summed E-state index contributed by atoms with van der Waals surface area (Å²) in [7, 11) is 0. The van der Waals surface area contributed by atoms with Crippen LogP contribution in [0, 0.1) is 12.8 Å². The number of carbonyl (C=O) groups excluding carboxylic acids is 1. The zero-order valence-electron chi connectivity index (χ0n) is 11.9. The molecule has 0 bridgehead atoms. The van der Waals surface area contributed by atoms with Crippen molar-refractivity contribution in [2.75, 3.05) is 13.1 Å². The summed E-state index contributed by atoms with van der Waals surface area (Å²) >= 11 is 7.43. The molecule has 2 aromatic rings. The van der Waals surface area contributed by atoms with E-state index in [1.54, 1.807) is 0 Å². The van der Waals surface area contributed by atoms with Gasteiger partial charge in [0.2, 0.25) is 0 Å². The van der Waals surface area contributed by atoms with Gasteiger partial charge in [-0.15, -0.1) is 11.3 Å². The van der Waals surface area contributed by atoms with Crippen molar-refractivity contribution in [1.82, 2.24) is 9.88 Å². The maximum atomic E-state index is 12.4. The van der Waals surface area contributed by atoms with Crippen molar-refractivity contribution in [2.45, 2.75) is 19.8 Å². The third kappa shape index (κ3) is 3.44. The van der Waals surface area contributed by atoms with Crippen LogP contribution in [-0.2, 0) is 6.42 Å². The van der Waals surface area contributed by atoms with E-state index in [2.05, 4.69) is 17.1 Å². The molecule has 0 N–H and O–H groups in total. The molecule has 1 fully saturated rings. The zero-order valence-corrected chi connectivity index (χ0v) is 13.5. The first-order valence-corrected chi connectivity index (χ1v) is 8.33. The van der Waals surface area contributed by atoms with Crippen molar-refractivity contribution in [2.24, 2.45) is 5.92 Å². The largest absolute Gasteiger partial charge is 0.337 e. The Labute approximate surface area is 133 Å². The highest BCUT2D eigenvalue weighted by molar-refractivity contribution is 7.09. The number of thiazole rings is 1. The fraction of sp³-hybridized carbons (Fsp3) is 0.375. The van der Waals surface area contributed by atoms with Crippen molar-refractivity contribution in [3.8, 4) is 0 Å². The Kier molecular flexibility index (Phi) is 4.27. The Hall–Kier alpha value is -1.39. The quantitative estimate of drug-likeness (QED) is 0.861. The zero-order chi connectivity index (χ0) is 14.8. The van der Waals surface area contributed by atoms with Crippen LogP contribution in [0.1, 0.15) is 27.5 Å². The molecule has 0 aliphatic carbocycles. The molecule has 1 aromatic carbocycles. The standard InChI is InChI=1S/C16H17ClN2OS/c1-11-18-15(10-21-11)16(20)19-7-6-13(9-19)8-12-2-4-14(17)5-3-12/h2-5,10,13H,6-9H2,1H3. The number of aromatic nitrogens is 1. The molecular formula is C16H17ClN2OS. The van der Waals surface area contributed by atoms with E-state index in [0.717, 1.165) is 36.0 Å². The molecule has 21 heavy (non-hydrogen) atoms. The number of aryl methyl sites for hydroxylation is 1. The van der Waals surface area contributed by atoms with Gasteiger partial charge in [-0.3, -0.25) is 4.79 Å². The molecule has 1 unspecified atom stereocenters. The number of amides is 1. The number of nitrogens with zero attached hydrogens (tertiary/aromatic N) is 2. The van der Waals surface area contributed by atoms with Gasteiger partial charge in [0.1, 0.15) is 5.69 Å². The number of benzene rings is 1.